The molecule has 1 spiro atoms. The number of carbonyl (C=O) groups excluding carboxylic acids is 1. The highest BCUT2D eigenvalue weighted by Crippen LogP contribution is 2.46. The minimum Gasteiger partial charge on any atom is -0.338 e. The molecule has 1 fully saturated rings. The van der Waals surface area contributed by atoms with Crippen molar-refractivity contribution >= 4 is 11.7 Å². The smallest absolute Gasteiger partial charge is 0.319 e. The largest absolute Gasteiger partial charge is 0.338 e. The van der Waals surface area contributed by atoms with Gasteiger partial charge in [-0.3, -0.25) is 0 Å². The number of hydrogen-bond acceptors (Lipinski definition) is 2. The SMILES string of the molecule is O=C(NCCCCCCN1CCC2(CCc3ccccc32)CC1)Nc1ccc(-c2ccccc2)cc1. The summed E-state index contributed by atoms with van der Waals surface area (Å²) in [5.41, 5.74) is 6.84. The number of anilines is 1. The number of nitrogens with one attached hydrogen (secondary N) is 2. The Labute approximate surface area is 216 Å². The molecule has 0 bridgehead atoms. The van der Waals surface area contributed by atoms with E-state index < -0.39 is 0 Å². The zero-order valence-corrected chi connectivity index (χ0v) is 21.3. The van der Waals surface area contributed by atoms with Gasteiger partial charge in [0.1, 0.15) is 0 Å². The minimum absolute atomic E-state index is 0.127. The van der Waals surface area contributed by atoms with Crippen molar-refractivity contribution < 1.29 is 4.79 Å². The molecule has 1 aliphatic carbocycles. The summed E-state index contributed by atoms with van der Waals surface area (Å²) in [4.78, 5) is 14.9. The van der Waals surface area contributed by atoms with Gasteiger partial charge in [0.2, 0.25) is 0 Å². The minimum atomic E-state index is -0.127. The number of unbranched alkanes of at least 4 members (excludes halogenated alkanes) is 3. The Morgan fingerprint density at radius 1 is 0.750 bits per heavy atom. The molecule has 2 amide bonds. The first-order valence-electron chi connectivity index (χ1n) is 13.7. The lowest BCUT2D eigenvalue weighted by molar-refractivity contribution is 0.156. The highest BCUT2D eigenvalue weighted by Gasteiger charge is 2.40. The first kappa shape index (κ1) is 24.6. The van der Waals surface area contributed by atoms with E-state index in [2.05, 4.69) is 51.9 Å². The normalized spacial score (nSPS) is 16.6. The predicted octanol–water partition coefficient (Wildman–Crippen LogP) is 7.02. The molecule has 0 atom stereocenters. The van der Waals surface area contributed by atoms with Crippen LogP contribution in [0.5, 0.6) is 0 Å². The maximum absolute atomic E-state index is 12.2. The van der Waals surface area contributed by atoms with Gasteiger partial charge in [0, 0.05) is 12.2 Å². The molecular weight excluding hydrogens is 442 g/mol. The molecule has 0 radical (unpaired) electrons. The lowest BCUT2D eigenvalue weighted by Crippen LogP contribution is -2.41. The second-order valence-corrected chi connectivity index (χ2v) is 10.5. The number of likely N-dealkylation sites (tertiary alicyclic amines) is 1. The average molecular weight is 482 g/mol. The average Bonchev–Trinajstić information content (AvgIpc) is 3.28. The molecule has 4 nitrogen and oxygen atoms in total. The van der Waals surface area contributed by atoms with E-state index >= 15 is 0 Å². The summed E-state index contributed by atoms with van der Waals surface area (Å²) in [6.07, 6.45) is 9.92. The van der Waals surface area contributed by atoms with Crippen LogP contribution in [0.15, 0.2) is 78.9 Å². The van der Waals surface area contributed by atoms with Crippen LogP contribution in [0.3, 0.4) is 0 Å². The Hall–Kier alpha value is -3.11. The van der Waals surface area contributed by atoms with Gasteiger partial charge in [0.05, 0.1) is 0 Å². The molecule has 3 aromatic rings. The monoisotopic (exact) mass is 481 g/mol. The van der Waals surface area contributed by atoms with Crippen molar-refractivity contribution in [1.82, 2.24) is 10.2 Å². The standard InChI is InChI=1S/C32H39N3O/c36-31(34-29-16-14-27(15-17-29)26-10-4-3-5-11-26)33-22-8-1-2-9-23-35-24-20-32(21-25-35)19-18-28-12-6-7-13-30(28)32/h3-7,10-17H,1-2,8-9,18-25H2,(H2,33,34,36). The van der Waals surface area contributed by atoms with Crippen LogP contribution in [-0.4, -0.2) is 37.1 Å². The maximum Gasteiger partial charge on any atom is 0.319 e. The molecule has 3 aromatic carbocycles. The number of rotatable bonds is 9. The van der Waals surface area contributed by atoms with E-state index in [-0.39, 0.29) is 6.03 Å². The summed E-state index contributed by atoms with van der Waals surface area (Å²) >= 11 is 0. The van der Waals surface area contributed by atoms with E-state index in [0.29, 0.717) is 5.41 Å². The molecule has 0 unspecified atom stereocenters. The molecule has 36 heavy (non-hydrogen) atoms. The summed E-state index contributed by atoms with van der Waals surface area (Å²) in [6.45, 7) is 4.41. The van der Waals surface area contributed by atoms with Gasteiger partial charge in [-0.2, -0.15) is 0 Å². The third-order valence-electron chi connectivity index (χ3n) is 8.21. The molecule has 1 saturated heterocycles. The van der Waals surface area contributed by atoms with Crippen molar-refractivity contribution in [2.45, 2.75) is 56.8 Å². The van der Waals surface area contributed by atoms with Crippen molar-refractivity contribution in [2.24, 2.45) is 0 Å². The van der Waals surface area contributed by atoms with Crippen LogP contribution >= 0.6 is 0 Å². The van der Waals surface area contributed by atoms with Gasteiger partial charge in [-0.05, 0) is 98.0 Å². The van der Waals surface area contributed by atoms with Crippen LogP contribution in [-0.2, 0) is 11.8 Å². The molecule has 188 valence electrons. The third-order valence-corrected chi connectivity index (χ3v) is 8.21. The summed E-state index contributed by atoms with van der Waals surface area (Å²) in [5.74, 6) is 0. The molecule has 1 aliphatic heterocycles. The van der Waals surface area contributed by atoms with Crippen LogP contribution < -0.4 is 10.6 Å². The van der Waals surface area contributed by atoms with Crippen LogP contribution in [0.1, 0.15) is 56.1 Å². The Kier molecular flexibility index (Phi) is 8.02. The van der Waals surface area contributed by atoms with Gasteiger partial charge < -0.3 is 15.5 Å². The van der Waals surface area contributed by atoms with Gasteiger partial charge in [-0.15, -0.1) is 0 Å². The lowest BCUT2D eigenvalue weighted by Gasteiger charge is -2.40. The number of piperidine rings is 1. The zero-order chi connectivity index (χ0) is 24.6. The van der Waals surface area contributed by atoms with Crippen LogP contribution in [0.25, 0.3) is 11.1 Å². The fraction of sp³-hybridized carbons (Fsp3) is 0.406. The summed E-state index contributed by atoms with van der Waals surface area (Å²) in [6, 6.07) is 27.3. The van der Waals surface area contributed by atoms with E-state index in [4.69, 9.17) is 0 Å². The molecule has 0 aromatic heterocycles. The molecule has 2 aliphatic rings. The molecule has 4 heteroatoms. The van der Waals surface area contributed by atoms with Crippen molar-refractivity contribution in [3.05, 3.63) is 90.0 Å². The quantitative estimate of drug-likeness (QED) is 0.323. The second-order valence-electron chi connectivity index (χ2n) is 10.5. The van der Waals surface area contributed by atoms with Crippen molar-refractivity contribution in [3.8, 4) is 11.1 Å². The van der Waals surface area contributed by atoms with Crippen molar-refractivity contribution in [1.29, 1.82) is 0 Å². The fourth-order valence-corrected chi connectivity index (χ4v) is 6.06. The van der Waals surface area contributed by atoms with Crippen LogP contribution in [0.2, 0.25) is 0 Å². The predicted molar refractivity (Wildman–Crippen MR) is 149 cm³/mol. The Morgan fingerprint density at radius 3 is 2.25 bits per heavy atom. The molecule has 2 N–H and O–H groups in total. The number of carbonyl (C=O) groups is 1. The van der Waals surface area contributed by atoms with E-state index in [1.807, 2.05) is 42.5 Å². The highest BCUT2D eigenvalue weighted by molar-refractivity contribution is 5.89. The number of amides is 2. The number of nitrogens with zero attached hydrogens (tertiary/aromatic N) is 1. The molecule has 0 saturated carbocycles. The first-order valence-corrected chi connectivity index (χ1v) is 13.7. The Bertz CT molecular complexity index is 1120. The number of fused-ring (bicyclic) bond motifs is 2. The van der Waals surface area contributed by atoms with E-state index in [9.17, 15) is 4.79 Å². The lowest BCUT2D eigenvalue weighted by atomic mass is 9.74. The summed E-state index contributed by atoms with van der Waals surface area (Å²) in [5, 5.41) is 5.93. The molecule has 5 rings (SSSR count). The van der Waals surface area contributed by atoms with Gasteiger partial charge in [0.15, 0.2) is 0 Å². The molecule has 1 heterocycles. The Morgan fingerprint density at radius 2 is 1.44 bits per heavy atom. The van der Waals surface area contributed by atoms with Crippen LogP contribution in [0, 0.1) is 0 Å². The van der Waals surface area contributed by atoms with Crippen molar-refractivity contribution in [2.75, 3.05) is 31.5 Å². The van der Waals surface area contributed by atoms with Gasteiger partial charge in [-0.1, -0.05) is 79.6 Å². The highest BCUT2D eigenvalue weighted by atomic mass is 16.2. The van der Waals surface area contributed by atoms with E-state index in [1.165, 1.54) is 63.7 Å². The van der Waals surface area contributed by atoms with Gasteiger partial charge in [0.25, 0.3) is 0 Å². The first-order chi connectivity index (χ1) is 17.7. The van der Waals surface area contributed by atoms with E-state index in [1.54, 1.807) is 11.1 Å². The molecular formula is C32H39N3O. The topological polar surface area (TPSA) is 44.4 Å². The number of urea groups is 1. The second kappa shape index (κ2) is 11.7. The van der Waals surface area contributed by atoms with E-state index in [0.717, 1.165) is 30.6 Å². The Balaban J connectivity index is 0.926. The van der Waals surface area contributed by atoms with Crippen LogP contribution in [0.4, 0.5) is 10.5 Å². The number of hydrogen-bond donors (Lipinski definition) is 2. The van der Waals surface area contributed by atoms with Gasteiger partial charge >= 0.3 is 6.03 Å². The number of aryl methyl sites for hydroxylation is 1. The summed E-state index contributed by atoms with van der Waals surface area (Å²) in [7, 11) is 0. The van der Waals surface area contributed by atoms with Gasteiger partial charge in [-0.25, -0.2) is 4.79 Å². The zero-order valence-electron chi connectivity index (χ0n) is 21.3. The maximum atomic E-state index is 12.2. The summed E-state index contributed by atoms with van der Waals surface area (Å²) < 4.78 is 0. The fourth-order valence-electron chi connectivity index (χ4n) is 6.06. The van der Waals surface area contributed by atoms with Crippen molar-refractivity contribution in [3.63, 3.8) is 0 Å². The third kappa shape index (κ3) is 5.99. The number of benzene rings is 3.